The van der Waals surface area contributed by atoms with Gasteiger partial charge in [-0.05, 0) is 11.6 Å². The maximum absolute atomic E-state index is 11.4. The summed E-state index contributed by atoms with van der Waals surface area (Å²) in [7, 11) is 0. The van der Waals surface area contributed by atoms with Gasteiger partial charge in [-0.3, -0.25) is 4.79 Å². The van der Waals surface area contributed by atoms with E-state index in [9.17, 15) is 4.79 Å². The highest BCUT2D eigenvalue weighted by Gasteiger charge is 2.01. The fourth-order valence-corrected chi connectivity index (χ4v) is 1.22. The summed E-state index contributed by atoms with van der Waals surface area (Å²) < 4.78 is 0. The SMILES string of the molecule is CCC(=O)c1cccc(C=CCN)c1. The van der Waals surface area contributed by atoms with Gasteiger partial charge in [0.1, 0.15) is 0 Å². The first kappa shape index (κ1) is 10.7. The summed E-state index contributed by atoms with van der Waals surface area (Å²) in [5.74, 6) is 0.174. The standard InChI is InChI=1S/C12H15NO/c1-2-12(14)11-7-3-5-10(9-11)6-4-8-13/h3-7,9H,2,8,13H2,1H3. The number of rotatable bonds is 4. The number of nitrogens with two attached hydrogens (primary N) is 1. The van der Waals surface area contributed by atoms with E-state index in [1.165, 1.54) is 0 Å². The van der Waals surface area contributed by atoms with E-state index in [0.717, 1.165) is 11.1 Å². The quantitative estimate of drug-likeness (QED) is 0.738. The van der Waals surface area contributed by atoms with E-state index < -0.39 is 0 Å². The maximum atomic E-state index is 11.4. The smallest absolute Gasteiger partial charge is 0.162 e. The summed E-state index contributed by atoms with van der Waals surface area (Å²) in [6.45, 7) is 2.39. The van der Waals surface area contributed by atoms with Gasteiger partial charge in [-0.15, -0.1) is 0 Å². The third kappa shape index (κ3) is 2.82. The van der Waals surface area contributed by atoms with Crippen LogP contribution in [0.15, 0.2) is 30.3 Å². The van der Waals surface area contributed by atoms with Gasteiger partial charge in [-0.1, -0.05) is 37.3 Å². The molecule has 0 fully saturated rings. The lowest BCUT2D eigenvalue weighted by molar-refractivity contribution is 0.0988. The van der Waals surface area contributed by atoms with Crippen molar-refractivity contribution >= 4 is 11.9 Å². The Morgan fingerprint density at radius 3 is 2.93 bits per heavy atom. The molecule has 2 nitrogen and oxygen atoms in total. The molecule has 0 bridgehead atoms. The lowest BCUT2D eigenvalue weighted by Crippen LogP contribution is -1.96. The van der Waals surface area contributed by atoms with Gasteiger partial charge in [0.2, 0.25) is 0 Å². The molecule has 0 aromatic heterocycles. The highest BCUT2D eigenvalue weighted by atomic mass is 16.1. The van der Waals surface area contributed by atoms with Crippen LogP contribution in [0.1, 0.15) is 29.3 Å². The molecule has 2 heteroatoms. The van der Waals surface area contributed by atoms with Gasteiger partial charge in [0, 0.05) is 18.5 Å². The molecule has 2 N–H and O–H groups in total. The first-order chi connectivity index (χ1) is 6.77. The van der Waals surface area contributed by atoms with Crippen LogP contribution >= 0.6 is 0 Å². The second kappa shape index (κ2) is 5.35. The molecule has 0 radical (unpaired) electrons. The molecule has 0 unspecified atom stereocenters. The van der Waals surface area contributed by atoms with Crippen LogP contribution in [0.25, 0.3) is 6.08 Å². The molecule has 1 rings (SSSR count). The van der Waals surface area contributed by atoms with Crippen LogP contribution < -0.4 is 5.73 Å². The van der Waals surface area contributed by atoms with Crippen LogP contribution in [0.2, 0.25) is 0 Å². The van der Waals surface area contributed by atoms with Crippen LogP contribution in [-0.4, -0.2) is 12.3 Å². The maximum Gasteiger partial charge on any atom is 0.162 e. The minimum absolute atomic E-state index is 0.174. The van der Waals surface area contributed by atoms with Crippen LogP contribution in [0.5, 0.6) is 0 Å². The normalized spacial score (nSPS) is 10.7. The van der Waals surface area contributed by atoms with E-state index in [1.807, 2.05) is 43.3 Å². The summed E-state index contributed by atoms with van der Waals surface area (Å²) in [6, 6.07) is 7.57. The molecule has 1 aromatic rings. The number of carbonyl (C=O) groups is 1. The summed E-state index contributed by atoms with van der Waals surface area (Å²) in [4.78, 5) is 11.4. The molecule has 14 heavy (non-hydrogen) atoms. The highest BCUT2D eigenvalue weighted by molar-refractivity contribution is 5.96. The molecular weight excluding hydrogens is 174 g/mol. The number of benzene rings is 1. The lowest BCUT2D eigenvalue weighted by Gasteiger charge is -1.99. The second-order valence-electron chi connectivity index (χ2n) is 3.04. The fourth-order valence-electron chi connectivity index (χ4n) is 1.22. The molecule has 0 saturated carbocycles. The summed E-state index contributed by atoms with van der Waals surface area (Å²) in [5.41, 5.74) is 7.14. The Kier molecular flexibility index (Phi) is 4.08. The van der Waals surface area contributed by atoms with Gasteiger partial charge < -0.3 is 5.73 Å². The third-order valence-corrected chi connectivity index (χ3v) is 1.98. The third-order valence-electron chi connectivity index (χ3n) is 1.98. The average Bonchev–Trinajstić information content (AvgIpc) is 2.25. The average molecular weight is 189 g/mol. The highest BCUT2D eigenvalue weighted by Crippen LogP contribution is 2.08. The first-order valence-corrected chi connectivity index (χ1v) is 4.77. The number of hydrogen-bond donors (Lipinski definition) is 1. The molecule has 0 spiro atoms. The van der Waals surface area contributed by atoms with E-state index in [0.29, 0.717) is 13.0 Å². The van der Waals surface area contributed by atoms with Crippen LogP contribution in [0.3, 0.4) is 0 Å². The molecule has 0 saturated heterocycles. The topological polar surface area (TPSA) is 43.1 Å². The van der Waals surface area contributed by atoms with Gasteiger partial charge in [-0.2, -0.15) is 0 Å². The number of ketones is 1. The molecule has 74 valence electrons. The Hall–Kier alpha value is -1.41. The van der Waals surface area contributed by atoms with Crippen LogP contribution in [-0.2, 0) is 0 Å². The molecule has 0 heterocycles. The molecular formula is C12H15NO. The Morgan fingerprint density at radius 1 is 1.50 bits per heavy atom. The Labute approximate surface area is 84.4 Å². The molecule has 1 aromatic carbocycles. The van der Waals surface area contributed by atoms with Crippen molar-refractivity contribution in [2.75, 3.05) is 6.54 Å². The predicted molar refractivity (Wildman–Crippen MR) is 59.2 cm³/mol. The minimum atomic E-state index is 0.174. The van der Waals surface area contributed by atoms with E-state index in [-0.39, 0.29) is 5.78 Å². The van der Waals surface area contributed by atoms with Crippen molar-refractivity contribution in [3.63, 3.8) is 0 Å². The molecule has 0 atom stereocenters. The van der Waals surface area contributed by atoms with Crippen molar-refractivity contribution in [3.05, 3.63) is 41.5 Å². The minimum Gasteiger partial charge on any atom is -0.327 e. The lowest BCUT2D eigenvalue weighted by atomic mass is 10.1. The number of Topliss-reactive ketones (excluding diaryl/α,β-unsaturated/α-hetero) is 1. The summed E-state index contributed by atoms with van der Waals surface area (Å²) in [5, 5.41) is 0. The van der Waals surface area contributed by atoms with Crippen molar-refractivity contribution < 1.29 is 4.79 Å². The van der Waals surface area contributed by atoms with E-state index >= 15 is 0 Å². The zero-order valence-electron chi connectivity index (χ0n) is 8.36. The largest absolute Gasteiger partial charge is 0.327 e. The number of carbonyl (C=O) groups excluding carboxylic acids is 1. The van der Waals surface area contributed by atoms with Crippen molar-refractivity contribution in [2.45, 2.75) is 13.3 Å². The molecule has 0 amide bonds. The van der Waals surface area contributed by atoms with Gasteiger partial charge in [0.15, 0.2) is 5.78 Å². The second-order valence-corrected chi connectivity index (χ2v) is 3.04. The fraction of sp³-hybridized carbons (Fsp3) is 0.250. The monoisotopic (exact) mass is 189 g/mol. The van der Waals surface area contributed by atoms with Crippen molar-refractivity contribution in [2.24, 2.45) is 5.73 Å². The Balaban J connectivity index is 2.89. The zero-order valence-corrected chi connectivity index (χ0v) is 8.36. The van der Waals surface area contributed by atoms with Crippen molar-refractivity contribution in [1.29, 1.82) is 0 Å². The van der Waals surface area contributed by atoms with Gasteiger partial charge >= 0.3 is 0 Å². The predicted octanol–water partition coefficient (Wildman–Crippen LogP) is 2.25. The molecule has 0 aliphatic carbocycles. The first-order valence-electron chi connectivity index (χ1n) is 4.77. The van der Waals surface area contributed by atoms with Crippen LogP contribution in [0.4, 0.5) is 0 Å². The van der Waals surface area contributed by atoms with E-state index in [1.54, 1.807) is 0 Å². The van der Waals surface area contributed by atoms with E-state index in [4.69, 9.17) is 5.73 Å². The van der Waals surface area contributed by atoms with Gasteiger partial charge in [-0.25, -0.2) is 0 Å². The van der Waals surface area contributed by atoms with Gasteiger partial charge in [0.05, 0.1) is 0 Å². The van der Waals surface area contributed by atoms with Crippen molar-refractivity contribution in [1.82, 2.24) is 0 Å². The molecule has 0 aliphatic rings. The Morgan fingerprint density at radius 2 is 2.29 bits per heavy atom. The van der Waals surface area contributed by atoms with E-state index in [2.05, 4.69) is 0 Å². The van der Waals surface area contributed by atoms with Crippen molar-refractivity contribution in [3.8, 4) is 0 Å². The molecule has 0 aliphatic heterocycles. The summed E-state index contributed by atoms with van der Waals surface area (Å²) >= 11 is 0. The summed E-state index contributed by atoms with van der Waals surface area (Å²) in [6.07, 6.45) is 4.34. The number of hydrogen-bond acceptors (Lipinski definition) is 2. The van der Waals surface area contributed by atoms with Gasteiger partial charge in [0.25, 0.3) is 0 Å². The van der Waals surface area contributed by atoms with Crippen LogP contribution in [0, 0.1) is 0 Å². The zero-order chi connectivity index (χ0) is 10.4. The Bertz CT molecular complexity index is 342.